The number of nitrogens with zero attached hydrogens (tertiary/aromatic N) is 1. The molecule has 0 spiro atoms. The average molecular weight is 471 g/mol. The van der Waals surface area contributed by atoms with Crippen LogP contribution in [0.4, 0.5) is 4.79 Å². The predicted molar refractivity (Wildman–Crippen MR) is 125 cm³/mol. The van der Waals surface area contributed by atoms with E-state index in [2.05, 4.69) is 5.32 Å². The first-order valence-corrected chi connectivity index (χ1v) is 12.9. The van der Waals surface area contributed by atoms with E-state index in [0.717, 1.165) is 11.1 Å². The van der Waals surface area contributed by atoms with Crippen molar-refractivity contribution in [1.29, 1.82) is 0 Å². The minimum Gasteiger partial charge on any atom is -0.493 e. The van der Waals surface area contributed by atoms with Gasteiger partial charge < -0.3 is 9.64 Å². The molecular weight excluding hydrogens is 440 g/mol. The van der Waals surface area contributed by atoms with Gasteiger partial charge in [-0.05, 0) is 48.1 Å². The number of urea groups is 1. The van der Waals surface area contributed by atoms with Crippen molar-refractivity contribution in [3.63, 3.8) is 0 Å². The molecule has 4 rings (SSSR count). The van der Waals surface area contributed by atoms with Crippen LogP contribution in [0.15, 0.2) is 53.4 Å². The van der Waals surface area contributed by atoms with E-state index < -0.39 is 15.3 Å². The first-order valence-electron chi connectivity index (χ1n) is 11.3. The maximum Gasteiger partial charge on any atom is 0.324 e. The Bertz CT molecular complexity index is 1140. The van der Waals surface area contributed by atoms with Gasteiger partial charge in [0.05, 0.1) is 17.3 Å². The van der Waals surface area contributed by atoms with Gasteiger partial charge in [0.1, 0.15) is 5.75 Å². The molecule has 1 aliphatic heterocycles. The van der Waals surface area contributed by atoms with Crippen molar-refractivity contribution in [3.05, 3.63) is 59.7 Å². The third kappa shape index (κ3) is 5.93. The molecule has 0 atom stereocenters. The van der Waals surface area contributed by atoms with Gasteiger partial charge in [0.2, 0.25) is 5.91 Å². The quantitative estimate of drug-likeness (QED) is 0.604. The summed E-state index contributed by atoms with van der Waals surface area (Å²) in [6.45, 7) is 5.25. The van der Waals surface area contributed by atoms with Crippen LogP contribution in [0.1, 0.15) is 44.2 Å². The largest absolute Gasteiger partial charge is 0.493 e. The molecule has 1 saturated carbocycles. The summed E-state index contributed by atoms with van der Waals surface area (Å²) in [5.74, 6) is 0.893. The summed E-state index contributed by atoms with van der Waals surface area (Å²) >= 11 is 0. The van der Waals surface area contributed by atoms with Crippen LogP contribution in [0.3, 0.4) is 0 Å². The van der Waals surface area contributed by atoms with Crippen LogP contribution in [-0.2, 0) is 26.6 Å². The minimum atomic E-state index is -3.53. The fourth-order valence-electron chi connectivity index (χ4n) is 3.93. The maximum absolute atomic E-state index is 13.2. The van der Waals surface area contributed by atoms with Crippen molar-refractivity contribution in [2.45, 2.75) is 50.0 Å². The Morgan fingerprint density at radius 3 is 2.48 bits per heavy atom. The predicted octanol–water partition coefficient (Wildman–Crippen LogP) is 3.67. The summed E-state index contributed by atoms with van der Waals surface area (Å²) in [7, 11) is -3.53. The van der Waals surface area contributed by atoms with Crippen molar-refractivity contribution in [3.8, 4) is 5.75 Å². The lowest BCUT2D eigenvalue weighted by Gasteiger charge is -2.28. The molecule has 0 unspecified atom stereocenters. The second-order valence-electron chi connectivity index (χ2n) is 9.59. The number of ether oxygens (including phenoxy) is 1. The van der Waals surface area contributed by atoms with E-state index in [1.807, 2.05) is 38.1 Å². The number of imide groups is 1. The Balaban J connectivity index is 1.42. The lowest BCUT2D eigenvalue weighted by molar-refractivity contribution is -0.121. The summed E-state index contributed by atoms with van der Waals surface area (Å²) in [4.78, 5) is 25.1. The number of rotatable bonds is 9. The van der Waals surface area contributed by atoms with Crippen molar-refractivity contribution in [2.75, 3.05) is 18.9 Å². The van der Waals surface area contributed by atoms with Crippen molar-refractivity contribution < 1.29 is 22.7 Å². The van der Waals surface area contributed by atoms with Crippen LogP contribution in [0.25, 0.3) is 0 Å². The monoisotopic (exact) mass is 470 g/mol. The van der Waals surface area contributed by atoms with Crippen LogP contribution >= 0.6 is 0 Å². The summed E-state index contributed by atoms with van der Waals surface area (Å²) in [6.07, 6.45) is 2.65. The molecule has 2 aliphatic rings. The molecule has 8 heteroatoms. The van der Waals surface area contributed by atoms with Gasteiger partial charge >= 0.3 is 6.03 Å². The molecule has 33 heavy (non-hydrogen) atoms. The minimum absolute atomic E-state index is 0.0396. The number of sulfone groups is 1. The van der Waals surface area contributed by atoms with Crippen LogP contribution in [-0.4, -0.2) is 44.2 Å². The Morgan fingerprint density at radius 1 is 1.09 bits per heavy atom. The van der Waals surface area contributed by atoms with Crippen LogP contribution in [0.5, 0.6) is 5.75 Å². The van der Waals surface area contributed by atoms with E-state index in [9.17, 15) is 18.0 Å². The highest BCUT2D eigenvalue weighted by Gasteiger charge is 2.30. The number of nitrogens with one attached hydrogen (secondary N) is 1. The van der Waals surface area contributed by atoms with Gasteiger partial charge in [-0.15, -0.1) is 0 Å². The maximum atomic E-state index is 13.2. The molecule has 0 aromatic heterocycles. The topological polar surface area (TPSA) is 92.8 Å². The van der Waals surface area contributed by atoms with Gasteiger partial charge in [-0.2, -0.15) is 0 Å². The highest BCUT2D eigenvalue weighted by molar-refractivity contribution is 7.91. The third-order valence-corrected chi connectivity index (χ3v) is 8.22. The van der Waals surface area contributed by atoms with E-state index >= 15 is 0 Å². The third-order valence-electron chi connectivity index (χ3n) is 6.15. The van der Waals surface area contributed by atoms with Gasteiger partial charge in [0.25, 0.3) is 0 Å². The van der Waals surface area contributed by atoms with Gasteiger partial charge in [0.15, 0.2) is 9.84 Å². The molecule has 2 fully saturated rings. The van der Waals surface area contributed by atoms with Crippen molar-refractivity contribution >= 4 is 21.8 Å². The second kappa shape index (κ2) is 9.17. The number of hydrogen-bond donors (Lipinski definition) is 1. The molecule has 2 aromatic carbocycles. The second-order valence-corrected chi connectivity index (χ2v) is 11.6. The molecule has 7 nitrogen and oxygen atoms in total. The average Bonchev–Trinajstić information content (AvgIpc) is 3.59. The molecule has 2 aromatic rings. The normalized spacial score (nSPS) is 17.1. The molecule has 176 valence electrons. The van der Waals surface area contributed by atoms with E-state index in [0.29, 0.717) is 37.8 Å². The molecular formula is C25H30N2O5S. The molecule has 1 aliphatic carbocycles. The number of benzene rings is 2. The van der Waals surface area contributed by atoms with Gasteiger partial charge in [-0.25, -0.2) is 13.2 Å². The Kier molecular flexibility index (Phi) is 6.47. The van der Waals surface area contributed by atoms with Crippen LogP contribution < -0.4 is 10.1 Å². The van der Waals surface area contributed by atoms with Gasteiger partial charge in [0, 0.05) is 24.9 Å². The molecule has 1 saturated heterocycles. The summed E-state index contributed by atoms with van der Waals surface area (Å²) in [6, 6.07) is 14.0. The van der Waals surface area contributed by atoms with Crippen LogP contribution in [0, 0.1) is 5.92 Å². The fraction of sp³-hybridized carbons (Fsp3) is 0.440. The molecule has 1 N–H and O–H groups in total. The zero-order chi connectivity index (χ0) is 23.6. The van der Waals surface area contributed by atoms with E-state index in [-0.39, 0.29) is 22.6 Å². The number of amides is 3. The van der Waals surface area contributed by atoms with Crippen molar-refractivity contribution in [2.24, 2.45) is 5.92 Å². The Labute approximate surface area is 195 Å². The number of carbonyl (C=O) groups excluding carboxylic acids is 2. The van der Waals surface area contributed by atoms with Gasteiger partial charge in [-0.3, -0.25) is 10.1 Å². The SMILES string of the molecule is CC(C)(CS(=O)(=O)c1cccc(OCC2CC2)c1)c1ccc(CN2CCC(=O)NC2=O)cc1. The molecule has 1 heterocycles. The Morgan fingerprint density at radius 2 is 1.82 bits per heavy atom. The lowest BCUT2D eigenvalue weighted by atomic mass is 9.86. The molecule has 3 amide bonds. The number of hydrogen-bond acceptors (Lipinski definition) is 5. The lowest BCUT2D eigenvalue weighted by Crippen LogP contribution is -2.48. The highest BCUT2D eigenvalue weighted by atomic mass is 32.2. The smallest absolute Gasteiger partial charge is 0.324 e. The summed E-state index contributed by atoms with van der Waals surface area (Å²) in [5, 5.41) is 2.32. The van der Waals surface area contributed by atoms with Crippen LogP contribution in [0.2, 0.25) is 0 Å². The van der Waals surface area contributed by atoms with Gasteiger partial charge in [-0.1, -0.05) is 44.2 Å². The van der Waals surface area contributed by atoms with Crippen molar-refractivity contribution in [1.82, 2.24) is 10.2 Å². The highest BCUT2D eigenvalue weighted by Crippen LogP contribution is 2.31. The summed E-state index contributed by atoms with van der Waals surface area (Å²) in [5.41, 5.74) is 1.20. The van der Waals surface area contributed by atoms with E-state index in [4.69, 9.17) is 4.74 Å². The van der Waals surface area contributed by atoms with E-state index in [1.165, 1.54) is 12.8 Å². The molecule has 0 bridgehead atoms. The zero-order valence-corrected chi connectivity index (χ0v) is 19.9. The first-order chi connectivity index (χ1) is 15.6. The standard InChI is InChI=1S/C25H30N2O5S/c1-25(2,17-33(30,31)22-5-3-4-21(14-22)32-16-19-6-7-19)20-10-8-18(9-11-20)15-27-13-12-23(28)26-24(27)29/h3-5,8-11,14,19H,6-7,12-13,15-17H2,1-2H3,(H,26,28,29). The summed E-state index contributed by atoms with van der Waals surface area (Å²) < 4.78 is 32.1. The van der Waals surface area contributed by atoms with E-state index in [1.54, 1.807) is 29.2 Å². The first kappa shape index (κ1) is 23.3. The number of carbonyl (C=O) groups is 2. The fourth-order valence-corrected chi connectivity index (χ4v) is 5.79. The zero-order valence-electron chi connectivity index (χ0n) is 19.0. The molecule has 0 radical (unpaired) electrons. The Hall–Kier alpha value is -2.87.